The molecule has 8 nitrogen and oxygen atoms in total. The molecule has 2 heterocycles. The number of nitrogens with zero attached hydrogens (tertiary/aromatic N) is 2. The van der Waals surface area contributed by atoms with Crippen LogP contribution in [0.2, 0.25) is 0 Å². The molecule has 1 fully saturated rings. The number of piperidine rings is 1. The molecular formula is C23H29N3O5S2. The maximum Gasteiger partial charge on any atom is 0.263 e. The van der Waals surface area contributed by atoms with E-state index in [4.69, 9.17) is 4.74 Å². The van der Waals surface area contributed by atoms with Crippen LogP contribution in [-0.4, -0.2) is 60.7 Å². The van der Waals surface area contributed by atoms with Crippen molar-refractivity contribution in [1.29, 1.82) is 0 Å². The first-order chi connectivity index (χ1) is 15.7. The molecule has 1 aliphatic rings. The minimum Gasteiger partial charge on any atom is -0.489 e. The van der Waals surface area contributed by atoms with E-state index in [0.717, 1.165) is 31.4 Å². The molecule has 3 rings (SSSR count). The summed E-state index contributed by atoms with van der Waals surface area (Å²) in [6.07, 6.45) is 5.02. The van der Waals surface area contributed by atoms with Crippen molar-refractivity contribution >= 4 is 38.5 Å². The van der Waals surface area contributed by atoms with Gasteiger partial charge in [-0.3, -0.25) is 19.2 Å². The summed E-state index contributed by atoms with van der Waals surface area (Å²) in [4.78, 5) is 29.5. The average molecular weight is 492 g/mol. The smallest absolute Gasteiger partial charge is 0.263 e. The molecule has 1 N–H and O–H groups in total. The second-order valence-corrected chi connectivity index (χ2v) is 10.8. The van der Waals surface area contributed by atoms with Crippen LogP contribution in [0.1, 0.15) is 43.5 Å². The molecule has 1 aliphatic heterocycles. The first kappa shape index (κ1) is 25.2. The van der Waals surface area contributed by atoms with E-state index in [9.17, 15) is 18.0 Å². The number of hydrogen-bond donors (Lipinski definition) is 1. The Hall–Kier alpha value is -2.43. The number of hydrogen-bond acceptors (Lipinski definition) is 8. The van der Waals surface area contributed by atoms with Crippen molar-refractivity contribution in [1.82, 2.24) is 9.88 Å². The van der Waals surface area contributed by atoms with E-state index < -0.39 is 10.0 Å². The topological polar surface area (TPSA) is 106 Å². The van der Waals surface area contributed by atoms with E-state index in [0.29, 0.717) is 11.3 Å². The zero-order valence-corrected chi connectivity index (χ0v) is 20.5. The van der Waals surface area contributed by atoms with Crippen LogP contribution in [0.5, 0.6) is 5.75 Å². The van der Waals surface area contributed by atoms with Crippen molar-refractivity contribution in [3.63, 3.8) is 0 Å². The fraction of sp³-hybridized carbons (Fsp3) is 0.435. The molecule has 0 saturated carbocycles. The Morgan fingerprint density at radius 3 is 2.42 bits per heavy atom. The van der Waals surface area contributed by atoms with Crippen LogP contribution in [0, 0.1) is 0 Å². The highest BCUT2D eigenvalue weighted by Crippen LogP contribution is 2.20. The molecule has 1 unspecified atom stereocenters. The Morgan fingerprint density at radius 1 is 1.12 bits per heavy atom. The fourth-order valence-corrected chi connectivity index (χ4v) is 5.05. The third kappa shape index (κ3) is 7.83. The molecule has 10 heteroatoms. The number of pyridine rings is 1. The number of aromatic nitrogens is 1. The number of carbonyl (C=O) groups excluding carboxylic acids is 2. The molecule has 0 spiro atoms. The third-order valence-corrected chi connectivity index (χ3v) is 7.35. The average Bonchev–Trinajstić information content (AvgIpc) is 2.78. The lowest BCUT2D eigenvalue weighted by Gasteiger charge is -2.29. The molecular weight excluding hydrogens is 462 g/mol. The predicted molar refractivity (Wildman–Crippen MR) is 129 cm³/mol. The van der Waals surface area contributed by atoms with Crippen molar-refractivity contribution in [3.05, 3.63) is 48.2 Å². The summed E-state index contributed by atoms with van der Waals surface area (Å²) >= 11 is 0.918. The number of sulfonamides is 1. The fourth-order valence-electron chi connectivity index (χ4n) is 3.54. The van der Waals surface area contributed by atoms with E-state index in [1.54, 1.807) is 12.1 Å². The van der Waals surface area contributed by atoms with Gasteiger partial charge in [0, 0.05) is 25.2 Å². The standard InChI is InChI=1S/C23H29N3O5S2/c1-17(15-26-12-4-3-5-13-26)31-20-7-9-21(10-8-20)33(29,30)25-23-11-6-19(14-24-23)22(28)16-32-18(2)27/h6-11,14,17H,3-5,12-13,15-16H2,1-2H3,(H,24,25). The second kappa shape index (κ2) is 11.6. The quantitative estimate of drug-likeness (QED) is 0.503. The molecule has 1 aromatic heterocycles. The number of carbonyl (C=O) groups is 2. The summed E-state index contributed by atoms with van der Waals surface area (Å²) in [5, 5.41) is -0.145. The van der Waals surface area contributed by atoms with Crippen molar-refractivity contribution in [3.8, 4) is 5.75 Å². The van der Waals surface area contributed by atoms with Gasteiger partial charge in [-0.05, 0) is 69.3 Å². The monoisotopic (exact) mass is 491 g/mol. The van der Waals surface area contributed by atoms with Crippen LogP contribution in [0.4, 0.5) is 5.82 Å². The lowest BCUT2D eigenvalue weighted by atomic mass is 10.1. The maximum atomic E-state index is 12.7. The van der Waals surface area contributed by atoms with Gasteiger partial charge in [-0.2, -0.15) is 0 Å². The van der Waals surface area contributed by atoms with Gasteiger partial charge in [-0.25, -0.2) is 13.4 Å². The highest BCUT2D eigenvalue weighted by atomic mass is 32.2. The van der Waals surface area contributed by atoms with Crippen molar-refractivity contribution in [2.24, 2.45) is 0 Å². The number of anilines is 1. The SMILES string of the molecule is CC(=O)SCC(=O)c1ccc(NS(=O)(=O)c2ccc(OC(C)CN3CCCCC3)cc2)nc1. The highest BCUT2D eigenvalue weighted by Gasteiger charge is 2.17. The van der Waals surface area contributed by atoms with E-state index in [1.165, 1.54) is 56.6 Å². The number of likely N-dealkylation sites (tertiary alicyclic amines) is 1. The zero-order valence-electron chi connectivity index (χ0n) is 18.8. The molecule has 0 bridgehead atoms. The van der Waals surface area contributed by atoms with Gasteiger partial charge in [0.15, 0.2) is 10.9 Å². The van der Waals surface area contributed by atoms with Crippen LogP contribution < -0.4 is 9.46 Å². The third-order valence-electron chi connectivity index (χ3n) is 5.17. The van der Waals surface area contributed by atoms with Crippen LogP contribution in [0.3, 0.4) is 0 Å². The van der Waals surface area contributed by atoms with Gasteiger partial charge in [-0.1, -0.05) is 18.2 Å². The first-order valence-electron chi connectivity index (χ1n) is 10.9. The molecule has 1 saturated heterocycles. The lowest BCUT2D eigenvalue weighted by Crippen LogP contribution is -2.37. The minimum absolute atomic E-state index is 0.00273. The van der Waals surface area contributed by atoms with Crippen LogP contribution in [0.15, 0.2) is 47.5 Å². The van der Waals surface area contributed by atoms with Gasteiger partial charge in [0.05, 0.1) is 10.6 Å². The number of nitrogens with one attached hydrogen (secondary N) is 1. The minimum atomic E-state index is -3.85. The van der Waals surface area contributed by atoms with Crippen molar-refractivity contribution < 1.29 is 22.7 Å². The normalized spacial score (nSPS) is 15.6. The number of ketones is 1. The van der Waals surface area contributed by atoms with Crippen LogP contribution >= 0.6 is 11.8 Å². The molecule has 1 aromatic carbocycles. The first-order valence-corrected chi connectivity index (χ1v) is 13.3. The summed E-state index contributed by atoms with van der Waals surface area (Å²) in [6, 6.07) is 9.16. The number of thioether (sulfide) groups is 1. The van der Waals surface area contributed by atoms with Gasteiger partial charge in [0.1, 0.15) is 17.7 Å². The Labute approximate surface area is 199 Å². The largest absolute Gasteiger partial charge is 0.489 e. The second-order valence-electron chi connectivity index (χ2n) is 8.00. The maximum absolute atomic E-state index is 12.7. The summed E-state index contributed by atoms with van der Waals surface area (Å²) in [6.45, 7) is 6.44. The molecule has 33 heavy (non-hydrogen) atoms. The zero-order chi connectivity index (χ0) is 23.8. The lowest BCUT2D eigenvalue weighted by molar-refractivity contribution is -0.109. The summed E-state index contributed by atoms with van der Waals surface area (Å²) in [5.41, 5.74) is 0.312. The molecule has 0 radical (unpaired) electrons. The van der Waals surface area contributed by atoms with Gasteiger partial charge in [-0.15, -0.1) is 0 Å². The Kier molecular flexibility index (Phi) is 8.87. The highest BCUT2D eigenvalue weighted by molar-refractivity contribution is 8.14. The predicted octanol–water partition coefficient (Wildman–Crippen LogP) is 3.60. The molecule has 0 amide bonds. The van der Waals surface area contributed by atoms with E-state index in [-0.39, 0.29) is 33.5 Å². The number of Topliss-reactive ketones (excluding diaryl/α,β-unsaturated/α-hetero) is 1. The Balaban J connectivity index is 1.56. The van der Waals surface area contributed by atoms with Gasteiger partial charge in [0.2, 0.25) is 0 Å². The summed E-state index contributed by atoms with van der Waals surface area (Å²) < 4.78 is 33.7. The Morgan fingerprint density at radius 2 is 1.82 bits per heavy atom. The Bertz CT molecular complexity index is 1050. The van der Waals surface area contributed by atoms with E-state index in [2.05, 4.69) is 14.6 Å². The van der Waals surface area contributed by atoms with Crippen LogP contribution in [-0.2, 0) is 14.8 Å². The molecule has 178 valence electrons. The van der Waals surface area contributed by atoms with E-state index in [1.807, 2.05) is 6.92 Å². The molecule has 1 atom stereocenters. The van der Waals surface area contributed by atoms with Crippen molar-refractivity contribution in [2.75, 3.05) is 30.1 Å². The number of rotatable bonds is 10. The number of ether oxygens (including phenoxy) is 1. The summed E-state index contributed by atoms with van der Waals surface area (Å²) in [7, 11) is -3.85. The van der Waals surface area contributed by atoms with Gasteiger partial charge >= 0.3 is 0 Å². The van der Waals surface area contributed by atoms with Gasteiger partial charge in [0.25, 0.3) is 10.0 Å². The number of benzene rings is 1. The van der Waals surface area contributed by atoms with E-state index >= 15 is 0 Å². The summed E-state index contributed by atoms with van der Waals surface area (Å²) in [5.74, 6) is 0.485. The molecule has 2 aromatic rings. The van der Waals surface area contributed by atoms with Gasteiger partial charge < -0.3 is 4.74 Å². The van der Waals surface area contributed by atoms with Crippen molar-refractivity contribution in [2.45, 2.75) is 44.1 Å². The molecule has 0 aliphatic carbocycles. The van der Waals surface area contributed by atoms with Crippen LogP contribution in [0.25, 0.3) is 0 Å².